The molecule has 2 aromatic carbocycles. The summed E-state index contributed by atoms with van der Waals surface area (Å²) in [7, 11) is -4.02. The molecule has 0 bridgehead atoms. The fourth-order valence-corrected chi connectivity index (χ4v) is 4.89. The Morgan fingerprint density at radius 3 is 2.67 bits per heavy atom. The number of alkyl halides is 3. The van der Waals surface area contributed by atoms with Crippen LogP contribution < -0.4 is 14.8 Å². The summed E-state index contributed by atoms with van der Waals surface area (Å²) in [6, 6.07) is 9.20. The van der Waals surface area contributed by atoms with Gasteiger partial charge in [0.15, 0.2) is 0 Å². The summed E-state index contributed by atoms with van der Waals surface area (Å²) in [6.45, 7) is 1.33. The molecule has 9 heteroatoms. The normalized spacial score (nSPS) is 21.9. The lowest BCUT2D eigenvalue weighted by atomic mass is 9.90. The van der Waals surface area contributed by atoms with Crippen LogP contribution in [0, 0.1) is 0 Å². The van der Waals surface area contributed by atoms with E-state index in [2.05, 4.69) is 10.1 Å². The summed E-state index contributed by atoms with van der Waals surface area (Å²) >= 11 is 0. The van der Waals surface area contributed by atoms with Gasteiger partial charge in [-0.1, -0.05) is 12.1 Å². The molecule has 1 saturated heterocycles. The van der Waals surface area contributed by atoms with Crippen LogP contribution in [0.5, 0.6) is 11.5 Å². The molecule has 144 valence electrons. The molecule has 2 aromatic rings. The van der Waals surface area contributed by atoms with E-state index < -0.39 is 21.9 Å². The number of hydrogen-bond acceptors (Lipinski definition) is 5. The summed E-state index contributed by atoms with van der Waals surface area (Å²) in [6.07, 6.45) is -3.95. The van der Waals surface area contributed by atoms with Gasteiger partial charge in [-0.3, -0.25) is 0 Å². The van der Waals surface area contributed by atoms with Gasteiger partial charge in [-0.05, 0) is 48.9 Å². The van der Waals surface area contributed by atoms with Crippen molar-refractivity contribution in [2.24, 2.45) is 0 Å². The molecular weight excluding hydrogens is 383 g/mol. The molecule has 0 aromatic heterocycles. The maximum absolute atomic E-state index is 12.9. The molecule has 2 atom stereocenters. The number of benzene rings is 2. The van der Waals surface area contributed by atoms with E-state index in [9.17, 15) is 21.6 Å². The second kappa shape index (κ2) is 6.42. The van der Waals surface area contributed by atoms with E-state index in [0.717, 1.165) is 30.7 Å². The first kappa shape index (κ1) is 18.1. The highest BCUT2D eigenvalue weighted by atomic mass is 32.2. The number of rotatable bonds is 3. The average molecular weight is 399 g/mol. The van der Waals surface area contributed by atoms with Crippen LogP contribution in [-0.2, 0) is 9.84 Å². The fourth-order valence-electron chi connectivity index (χ4n) is 3.58. The molecule has 2 heterocycles. The van der Waals surface area contributed by atoms with Gasteiger partial charge in [-0.25, -0.2) is 8.42 Å². The molecule has 0 radical (unpaired) electrons. The monoisotopic (exact) mass is 399 g/mol. The van der Waals surface area contributed by atoms with Crippen LogP contribution in [0.15, 0.2) is 52.3 Å². The van der Waals surface area contributed by atoms with Gasteiger partial charge >= 0.3 is 6.36 Å². The van der Waals surface area contributed by atoms with Crippen molar-refractivity contribution >= 4 is 9.84 Å². The minimum atomic E-state index is -4.89. The van der Waals surface area contributed by atoms with E-state index in [-0.39, 0.29) is 21.8 Å². The molecule has 0 spiro atoms. The van der Waals surface area contributed by atoms with Crippen LogP contribution in [0.25, 0.3) is 0 Å². The van der Waals surface area contributed by atoms with E-state index in [1.165, 1.54) is 24.3 Å². The maximum atomic E-state index is 12.9. The largest absolute Gasteiger partial charge is 0.573 e. The summed E-state index contributed by atoms with van der Waals surface area (Å²) in [4.78, 5) is -0.310. The van der Waals surface area contributed by atoms with Crippen molar-refractivity contribution in [2.75, 3.05) is 13.2 Å². The summed E-state index contributed by atoms with van der Waals surface area (Å²) in [5.74, 6) is 0.190. The molecule has 2 unspecified atom stereocenters. The van der Waals surface area contributed by atoms with E-state index in [0.29, 0.717) is 12.4 Å². The van der Waals surface area contributed by atoms with Crippen molar-refractivity contribution in [1.82, 2.24) is 5.32 Å². The quantitative estimate of drug-likeness (QED) is 0.859. The molecule has 0 saturated carbocycles. The first-order valence-corrected chi connectivity index (χ1v) is 9.83. The third kappa shape index (κ3) is 3.49. The average Bonchev–Trinajstić information content (AvgIpc) is 3.09. The number of ether oxygens (including phenoxy) is 2. The van der Waals surface area contributed by atoms with Gasteiger partial charge in [0.2, 0.25) is 9.84 Å². The second-order valence-corrected chi connectivity index (χ2v) is 8.44. The van der Waals surface area contributed by atoms with Gasteiger partial charge in [-0.15, -0.1) is 13.2 Å². The molecule has 5 nitrogen and oxygen atoms in total. The third-order valence-corrected chi connectivity index (χ3v) is 6.56. The Kier molecular flexibility index (Phi) is 4.31. The first-order chi connectivity index (χ1) is 12.7. The van der Waals surface area contributed by atoms with Gasteiger partial charge in [0.1, 0.15) is 18.1 Å². The molecule has 2 aliphatic heterocycles. The number of hydrogen-bond donors (Lipinski definition) is 1. The SMILES string of the molecule is O=S(=O)(c1cccc(OC(F)(F)F)c1)c1ccc2c(c1)OCC1NCCC21. The Morgan fingerprint density at radius 1 is 1.11 bits per heavy atom. The fraction of sp³-hybridized carbons (Fsp3) is 0.333. The summed E-state index contributed by atoms with van der Waals surface area (Å²) in [5, 5.41) is 3.35. The lowest BCUT2D eigenvalue weighted by Gasteiger charge is -2.28. The molecule has 0 aliphatic carbocycles. The summed E-state index contributed by atoms with van der Waals surface area (Å²) < 4.78 is 72.4. The van der Waals surface area contributed by atoms with Gasteiger partial charge in [0.05, 0.1) is 9.79 Å². The van der Waals surface area contributed by atoms with Gasteiger partial charge in [0, 0.05) is 12.0 Å². The van der Waals surface area contributed by atoms with E-state index in [4.69, 9.17) is 4.74 Å². The zero-order valence-electron chi connectivity index (χ0n) is 14.0. The lowest BCUT2D eigenvalue weighted by Crippen LogP contribution is -2.35. The predicted octanol–water partition coefficient (Wildman–Crippen LogP) is 3.26. The van der Waals surface area contributed by atoms with E-state index in [1.54, 1.807) is 6.07 Å². The highest BCUT2D eigenvalue weighted by Gasteiger charge is 2.35. The molecule has 2 aliphatic rings. The number of halogens is 3. The minimum Gasteiger partial charge on any atom is -0.492 e. The molecule has 27 heavy (non-hydrogen) atoms. The highest BCUT2D eigenvalue weighted by molar-refractivity contribution is 7.91. The van der Waals surface area contributed by atoms with Crippen molar-refractivity contribution in [3.63, 3.8) is 0 Å². The number of sulfone groups is 1. The van der Waals surface area contributed by atoms with Gasteiger partial charge < -0.3 is 14.8 Å². The van der Waals surface area contributed by atoms with E-state index >= 15 is 0 Å². The predicted molar refractivity (Wildman–Crippen MR) is 89.7 cm³/mol. The lowest BCUT2D eigenvalue weighted by molar-refractivity contribution is -0.274. The van der Waals surface area contributed by atoms with Crippen LogP contribution in [-0.4, -0.2) is 34.0 Å². The Hall–Kier alpha value is -2.26. The molecule has 1 N–H and O–H groups in total. The second-order valence-electron chi connectivity index (χ2n) is 6.49. The molecular formula is C18H16F3NO4S. The molecule has 4 rings (SSSR count). The van der Waals surface area contributed by atoms with Crippen molar-refractivity contribution in [2.45, 2.75) is 34.5 Å². The minimum absolute atomic E-state index is 0.0326. The van der Waals surface area contributed by atoms with Crippen LogP contribution in [0.3, 0.4) is 0 Å². The Labute approximate surface area is 154 Å². The van der Waals surface area contributed by atoms with Crippen LogP contribution in [0.1, 0.15) is 17.9 Å². The van der Waals surface area contributed by atoms with Crippen molar-refractivity contribution < 1.29 is 31.1 Å². The van der Waals surface area contributed by atoms with Crippen LogP contribution in [0.2, 0.25) is 0 Å². The van der Waals surface area contributed by atoms with Crippen molar-refractivity contribution in [3.05, 3.63) is 48.0 Å². The van der Waals surface area contributed by atoms with Gasteiger partial charge in [0.25, 0.3) is 0 Å². The highest BCUT2D eigenvalue weighted by Crippen LogP contribution is 2.40. The Bertz CT molecular complexity index is 975. The van der Waals surface area contributed by atoms with Crippen LogP contribution >= 0.6 is 0 Å². The van der Waals surface area contributed by atoms with Crippen molar-refractivity contribution in [3.8, 4) is 11.5 Å². The number of nitrogens with one attached hydrogen (secondary N) is 1. The molecule has 0 amide bonds. The standard InChI is InChI=1S/C18H16F3NO4S/c19-18(20,21)26-11-2-1-3-12(8-11)27(23,24)13-4-5-15-14-6-7-22-16(14)10-25-17(15)9-13/h1-5,8-9,14,16,22H,6-7,10H2. The maximum Gasteiger partial charge on any atom is 0.573 e. The third-order valence-electron chi connectivity index (χ3n) is 4.81. The van der Waals surface area contributed by atoms with E-state index in [1.807, 2.05) is 0 Å². The summed E-state index contributed by atoms with van der Waals surface area (Å²) in [5.41, 5.74) is 0.948. The number of fused-ring (bicyclic) bond motifs is 3. The molecule has 1 fully saturated rings. The van der Waals surface area contributed by atoms with Crippen LogP contribution in [0.4, 0.5) is 13.2 Å². The smallest absolute Gasteiger partial charge is 0.492 e. The Balaban J connectivity index is 1.68. The topological polar surface area (TPSA) is 64.6 Å². The Morgan fingerprint density at radius 2 is 1.89 bits per heavy atom. The van der Waals surface area contributed by atoms with Crippen molar-refractivity contribution in [1.29, 1.82) is 0 Å². The zero-order valence-corrected chi connectivity index (χ0v) is 14.8. The van der Waals surface area contributed by atoms with Gasteiger partial charge in [-0.2, -0.15) is 0 Å². The zero-order chi connectivity index (χ0) is 19.2. The first-order valence-electron chi connectivity index (χ1n) is 8.35.